The first kappa shape index (κ1) is 16.4. The number of aryl methyl sites for hydroxylation is 1. The monoisotopic (exact) mass is 391 g/mol. The van der Waals surface area contributed by atoms with Crippen molar-refractivity contribution >= 4 is 33.6 Å². The molecule has 0 aromatic heterocycles. The van der Waals surface area contributed by atoms with E-state index < -0.39 is 0 Å². The van der Waals surface area contributed by atoms with Crippen LogP contribution in [0.2, 0.25) is 0 Å². The highest BCUT2D eigenvalue weighted by Gasteiger charge is 2.25. The van der Waals surface area contributed by atoms with E-state index >= 15 is 0 Å². The first-order valence-electron chi connectivity index (χ1n) is 7.53. The number of phenols is 1. The number of amides is 1. The number of fused-ring (bicyclic) bond motifs is 1. The van der Waals surface area contributed by atoms with Gasteiger partial charge < -0.3 is 10.4 Å². The van der Waals surface area contributed by atoms with E-state index in [1.165, 1.54) is 0 Å². The van der Waals surface area contributed by atoms with Gasteiger partial charge in [0.25, 0.3) is 0 Å². The summed E-state index contributed by atoms with van der Waals surface area (Å²) in [6.07, 6.45) is 1.66. The summed E-state index contributed by atoms with van der Waals surface area (Å²) in [6.45, 7) is 2.04. The quantitative estimate of drug-likeness (QED) is 0.761. The van der Waals surface area contributed by atoms with E-state index in [4.69, 9.17) is 0 Å². The summed E-state index contributed by atoms with van der Waals surface area (Å²) >= 11 is 5.00. The van der Waals surface area contributed by atoms with E-state index in [1.807, 2.05) is 31.2 Å². The van der Waals surface area contributed by atoms with Crippen molar-refractivity contribution < 1.29 is 9.90 Å². The molecule has 1 unspecified atom stereocenters. The molecule has 0 saturated heterocycles. The van der Waals surface area contributed by atoms with Crippen LogP contribution in [0.1, 0.15) is 29.2 Å². The van der Waals surface area contributed by atoms with Gasteiger partial charge in [0.1, 0.15) is 5.75 Å². The Morgan fingerprint density at radius 1 is 1.39 bits per heavy atom. The number of carbonyl (C=O) groups excluding carboxylic acids is 1. The fourth-order valence-electron chi connectivity index (χ4n) is 2.94. The van der Waals surface area contributed by atoms with Gasteiger partial charge in [-0.1, -0.05) is 28.1 Å². The maximum atomic E-state index is 12.2. The van der Waals surface area contributed by atoms with Gasteiger partial charge in [0.05, 0.1) is 11.8 Å². The Balaban J connectivity index is 1.60. The van der Waals surface area contributed by atoms with Crippen molar-refractivity contribution in [3.8, 4) is 5.75 Å². The molecular weight excluding hydrogens is 374 g/mol. The fraction of sp³-hybridized carbons (Fsp3) is 0.278. The van der Waals surface area contributed by atoms with Crippen LogP contribution in [-0.2, 0) is 11.2 Å². The molecule has 0 spiro atoms. The van der Waals surface area contributed by atoms with Crippen LogP contribution in [0.4, 0.5) is 0 Å². The minimum Gasteiger partial charge on any atom is -0.508 e. The molecule has 1 aliphatic carbocycles. The van der Waals surface area contributed by atoms with Crippen LogP contribution < -0.4 is 5.32 Å². The normalized spacial score (nSPS) is 16.2. The predicted octanol–water partition coefficient (Wildman–Crippen LogP) is 4.36. The topological polar surface area (TPSA) is 49.3 Å². The second-order valence-corrected chi connectivity index (χ2v) is 7.64. The van der Waals surface area contributed by atoms with Crippen LogP contribution >= 0.6 is 27.7 Å². The zero-order valence-corrected chi connectivity index (χ0v) is 15.2. The van der Waals surface area contributed by atoms with E-state index in [9.17, 15) is 9.90 Å². The lowest BCUT2D eigenvalue weighted by Gasteiger charge is -2.14. The number of rotatable bonds is 4. The van der Waals surface area contributed by atoms with Gasteiger partial charge in [-0.05, 0) is 60.7 Å². The van der Waals surface area contributed by atoms with Gasteiger partial charge in [0.2, 0.25) is 5.91 Å². The highest BCUT2D eigenvalue weighted by molar-refractivity contribution is 9.10. The number of phenolic OH excluding ortho intramolecular Hbond substituents is 1. The molecule has 1 amide bonds. The van der Waals surface area contributed by atoms with Crippen LogP contribution in [0.15, 0.2) is 45.8 Å². The van der Waals surface area contributed by atoms with Crippen LogP contribution in [0, 0.1) is 6.92 Å². The van der Waals surface area contributed by atoms with Crippen molar-refractivity contribution in [1.82, 2.24) is 5.32 Å². The first-order chi connectivity index (χ1) is 11.0. The van der Waals surface area contributed by atoms with Gasteiger partial charge in [-0.15, -0.1) is 11.8 Å². The molecule has 3 rings (SSSR count). The van der Waals surface area contributed by atoms with Crippen LogP contribution in [-0.4, -0.2) is 16.8 Å². The number of hydrogen-bond acceptors (Lipinski definition) is 3. The number of aromatic hydroxyl groups is 1. The Bertz CT molecular complexity index is 748. The third-order valence-electron chi connectivity index (χ3n) is 4.08. The average Bonchev–Trinajstić information content (AvgIpc) is 2.91. The molecule has 1 aliphatic rings. The largest absolute Gasteiger partial charge is 0.508 e. The average molecular weight is 392 g/mol. The molecule has 0 fully saturated rings. The van der Waals surface area contributed by atoms with Crippen molar-refractivity contribution in [3.05, 3.63) is 57.6 Å². The first-order valence-corrected chi connectivity index (χ1v) is 9.31. The van der Waals surface area contributed by atoms with Crippen molar-refractivity contribution in [2.24, 2.45) is 0 Å². The fourth-order valence-corrected chi connectivity index (χ4v) is 4.24. The van der Waals surface area contributed by atoms with Crippen LogP contribution in [0.5, 0.6) is 5.75 Å². The van der Waals surface area contributed by atoms with Gasteiger partial charge in [0.15, 0.2) is 0 Å². The summed E-state index contributed by atoms with van der Waals surface area (Å²) < 4.78 is 1.05. The van der Waals surface area contributed by atoms with Gasteiger partial charge in [-0.2, -0.15) is 0 Å². The molecule has 0 saturated carbocycles. The molecule has 2 aromatic rings. The Labute approximate surface area is 148 Å². The van der Waals surface area contributed by atoms with Crippen LogP contribution in [0.3, 0.4) is 0 Å². The third kappa shape index (κ3) is 3.72. The third-order valence-corrected chi connectivity index (χ3v) is 5.75. The van der Waals surface area contributed by atoms with E-state index in [0.717, 1.165) is 38.9 Å². The number of benzene rings is 2. The summed E-state index contributed by atoms with van der Waals surface area (Å²) in [5.74, 6) is 0.755. The lowest BCUT2D eigenvalue weighted by Crippen LogP contribution is -2.28. The van der Waals surface area contributed by atoms with Crippen LogP contribution in [0.25, 0.3) is 0 Å². The molecular formula is C18H18BrNO2S. The highest BCUT2D eigenvalue weighted by Crippen LogP contribution is 2.36. The molecule has 1 atom stereocenters. The molecule has 5 heteroatoms. The number of halogens is 1. The standard InChI is InChI=1S/C18H18BrNO2S/c1-11-9-12(19)5-8-17(11)23-10-18(22)20-15-7-6-14-13(15)3-2-4-16(14)21/h2-5,8-9,15,21H,6-7,10H2,1H3,(H,20,22). The molecule has 0 bridgehead atoms. The number of hydrogen-bond donors (Lipinski definition) is 2. The van der Waals surface area contributed by atoms with E-state index in [2.05, 4.69) is 27.3 Å². The second kappa shape index (κ2) is 6.97. The lowest BCUT2D eigenvalue weighted by molar-refractivity contribution is -0.119. The van der Waals surface area contributed by atoms with Gasteiger partial charge >= 0.3 is 0 Å². The maximum absolute atomic E-state index is 12.2. The van der Waals surface area contributed by atoms with Gasteiger partial charge in [-0.25, -0.2) is 0 Å². The molecule has 2 aromatic carbocycles. The van der Waals surface area contributed by atoms with Gasteiger partial charge in [-0.3, -0.25) is 4.79 Å². The summed E-state index contributed by atoms with van der Waals surface area (Å²) in [5.41, 5.74) is 3.17. The predicted molar refractivity (Wildman–Crippen MR) is 96.9 cm³/mol. The smallest absolute Gasteiger partial charge is 0.230 e. The molecule has 23 heavy (non-hydrogen) atoms. The van der Waals surface area contributed by atoms with E-state index in [1.54, 1.807) is 17.8 Å². The minimum atomic E-state index is 0.0104. The van der Waals surface area contributed by atoms with Gasteiger partial charge in [0, 0.05) is 9.37 Å². The molecule has 0 aliphatic heterocycles. The Morgan fingerprint density at radius 3 is 3.00 bits per heavy atom. The number of thioether (sulfide) groups is 1. The summed E-state index contributed by atoms with van der Waals surface area (Å²) in [5, 5.41) is 13.0. The SMILES string of the molecule is Cc1cc(Br)ccc1SCC(=O)NC1CCc2c(O)cccc21. The molecule has 0 heterocycles. The highest BCUT2D eigenvalue weighted by atomic mass is 79.9. The van der Waals surface area contributed by atoms with E-state index in [-0.39, 0.29) is 11.9 Å². The summed E-state index contributed by atoms with van der Waals surface area (Å²) in [7, 11) is 0. The summed E-state index contributed by atoms with van der Waals surface area (Å²) in [4.78, 5) is 13.4. The minimum absolute atomic E-state index is 0.0104. The van der Waals surface area contributed by atoms with Crippen molar-refractivity contribution in [1.29, 1.82) is 0 Å². The van der Waals surface area contributed by atoms with Crippen molar-refractivity contribution in [2.45, 2.75) is 30.7 Å². The van der Waals surface area contributed by atoms with Crippen molar-refractivity contribution in [2.75, 3.05) is 5.75 Å². The molecule has 3 nitrogen and oxygen atoms in total. The Kier molecular flexibility index (Phi) is 4.97. The maximum Gasteiger partial charge on any atom is 0.230 e. The van der Waals surface area contributed by atoms with Crippen molar-refractivity contribution in [3.63, 3.8) is 0 Å². The zero-order valence-electron chi connectivity index (χ0n) is 12.8. The number of carbonyl (C=O) groups is 1. The zero-order chi connectivity index (χ0) is 16.4. The van der Waals surface area contributed by atoms with E-state index in [0.29, 0.717) is 11.5 Å². The lowest BCUT2D eigenvalue weighted by atomic mass is 10.1. The molecule has 2 N–H and O–H groups in total. The number of nitrogens with one attached hydrogen (secondary N) is 1. The Morgan fingerprint density at radius 2 is 2.22 bits per heavy atom. The molecule has 0 radical (unpaired) electrons. The Hall–Kier alpha value is -1.46. The second-order valence-electron chi connectivity index (χ2n) is 5.70. The molecule has 120 valence electrons. The summed E-state index contributed by atoms with van der Waals surface area (Å²) in [6, 6.07) is 11.6.